The predicted molar refractivity (Wildman–Crippen MR) is 79.0 cm³/mol. The molecule has 0 atom stereocenters. The first kappa shape index (κ1) is 14.6. The van der Waals surface area contributed by atoms with Gasteiger partial charge < -0.3 is 20.5 Å². The monoisotopic (exact) mass is 287 g/mol. The zero-order valence-corrected chi connectivity index (χ0v) is 11.7. The summed E-state index contributed by atoms with van der Waals surface area (Å²) < 4.78 is 10.4. The molecule has 3 N–H and O–H groups in total. The Hall–Kier alpha value is -2.76. The van der Waals surface area contributed by atoms with Crippen molar-refractivity contribution in [2.75, 3.05) is 19.5 Å². The highest BCUT2D eigenvalue weighted by Crippen LogP contribution is 2.19. The van der Waals surface area contributed by atoms with Crippen LogP contribution in [0.1, 0.15) is 5.56 Å². The maximum Gasteiger partial charge on any atom is 0.258 e. The smallest absolute Gasteiger partial charge is 0.258 e. The van der Waals surface area contributed by atoms with Gasteiger partial charge in [-0.25, -0.2) is 4.98 Å². The molecule has 2 rings (SSSR count). The summed E-state index contributed by atoms with van der Waals surface area (Å²) in [5, 5.41) is 2.75. The Labute approximate surface area is 122 Å². The number of rotatable bonds is 6. The van der Waals surface area contributed by atoms with Crippen molar-refractivity contribution in [1.82, 2.24) is 10.3 Å². The Bertz CT molecular complexity index is 617. The molecule has 21 heavy (non-hydrogen) atoms. The highest BCUT2D eigenvalue weighted by molar-refractivity contribution is 5.77. The quantitative estimate of drug-likeness (QED) is 0.784. The molecule has 6 nitrogen and oxygen atoms in total. The minimum atomic E-state index is -0.228. The third kappa shape index (κ3) is 4.38. The number of aromatic nitrogens is 1. The average molecular weight is 287 g/mol. The van der Waals surface area contributed by atoms with E-state index in [0.29, 0.717) is 23.9 Å². The maximum absolute atomic E-state index is 11.7. The SMILES string of the molecule is COc1cc(CNC(=O)COc2ccccc2N)ccn1. The Morgan fingerprint density at radius 2 is 2.14 bits per heavy atom. The van der Waals surface area contributed by atoms with Crippen molar-refractivity contribution in [3.05, 3.63) is 48.2 Å². The number of nitrogens with two attached hydrogens (primary N) is 1. The Morgan fingerprint density at radius 3 is 2.90 bits per heavy atom. The molecule has 0 saturated carbocycles. The molecule has 0 aliphatic rings. The van der Waals surface area contributed by atoms with Crippen LogP contribution in [0.15, 0.2) is 42.6 Å². The van der Waals surface area contributed by atoms with Crippen molar-refractivity contribution in [3.63, 3.8) is 0 Å². The molecular weight excluding hydrogens is 270 g/mol. The van der Waals surface area contributed by atoms with Crippen LogP contribution < -0.4 is 20.5 Å². The van der Waals surface area contributed by atoms with Crippen molar-refractivity contribution < 1.29 is 14.3 Å². The van der Waals surface area contributed by atoms with E-state index in [1.807, 2.05) is 0 Å². The number of nitrogens with zero attached hydrogens (tertiary/aromatic N) is 1. The number of hydrogen-bond acceptors (Lipinski definition) is 5. The lowest BCUT2D eigenvalue weighted by molar-refractivity contribution is -0.123. The van der Waals surface area contributed by atoms with Crippen LogP contribution in [0.2, 0.25) is 0 Å². The minimum absolute atomic E-state index is 0.0869. The van der Waals surface area contributed by atoms with Crippen LogP contribution in [0.4, 0.5) is 5.69 Å². The predicted octanol–water partition coefficient (Wildman–Crippen LogP) is 1.37. The zero-order chi connectivity index (χ0) is 15.1. The van der Waals surface area contributed by atoms with Gasteiger partial charge in [-0.15, -0.1) is 0 Å². The standard InChI is InChI=1S/C15H17N3O3/c1-20-15-8-11(6-7-17-15)9-18-14(19)10-21-13-5-3-2-4-12(13)16/h2-8H,9-10,16H2,1H3,(H,18,19). The van der Waals surface area contributed by atoms with Gasteiger partial charge in [-0.2, -0.15) is 0 Å². The first-order valence-corrected chi connectivity index (χ1v) is 6.42. The normalized spacial score (nSPS) is 9.95. The molecule has 0 saturated heterocycles. The summed E-state index contributed by atoms with van der Waals surface area (Å²) in [6, 6.07) is 10.6. The van der Waals surface area contributed by atoms with E-state index in [1.54, 1.807) is 49.7 Å². The molecule has 1 heterocycles. The number of nitrogen functional groups attached to an aromatic ring is 1. The number of benzene rings is 1. The van der Waals surface area contributed by atoms with Gasteiger partial charge >= 0.3 is 0 Å². The average Bonchev–Trinajstić information content (AvgIpc) is 2.52. The number of methoxy groups -OCH3 is 1. The van der Waals surface area contributed by atoms with Crippen LogP contribution in [0, 0.1) is 0 Å². The number of hydrogen-bond donors (Lipinski definition) is 2. The number of ether oxygens (including phenoxy) is 2. The van der Waals surface area contributed by atoms with Crippen LogP contribution in [0.3, 0.4) is 0 Å². The van der Waals surface area contributed by atoms with Gasteiger partial charge in [0.05, 0.1) is 12.8 Å². The first-order valence-electron chi connectivity index (χ1n) is 6.42. The van der Waals surface area contributed by atoms with Gasteiger partial charge in [0.15, 0.2) is 6.61 Å². The lowest BCUT2D eigenvalue weighted by atomic mass is 10.2. The highest BCUT2D eigenvalue weighted by atomic mass is 16.5. The Balaban J connectivity index is 1.81. The largest absolute Gasteiger partial charge is 0.482 e. The van der Waals surface area contributed by atoms with Crippen molar-refractivity contribution >= 4 is 11.6 Å². The summed E-state index contributed by atoms with van der Waals surface area (Å²) in [5.41, 5.74) is 7.13. The second kappa shape index (κ2) is 7.14. The number of anilines is 1. The molecule has 1 aromatic heterocycles. The second-order valence-corrected chi connectivity index (χ2v) is 4.31. The zero-order valence-electron chi connectivity index (χ0n) is 11.7. The first-order chi connectivity index (χ1) is 10.2. The van der Waals surface area contributed by atoms with E-state index in [-0.39, 0.29) is 12.5 Å². The third-order valence-corrected chi connectivity index (χ3v) is 2.78. The minimum Gasteiger partial charge on any atom is -0.482 e. The molecule has 0 aliphatic carbocycles. The summed E-state index contributed by atoms with van der Waals surface area (Å²) in [5.74, 6) is 0.780. The molecule has 1 aromatic carbocycles. The lowest BCUT2D eigenvalue weighted by Gasteiger charge is -2.09. The van der Waals surface area contributed by atoms with E-state index in [1.165, 1.54) is 0 Å². The van der Waals surface area contributed by atoms with Gasteiger partial charge in [0.1, 0.15) is 5.75 Å². The van der Waals surface area contributed by atoms with Crippen LogP contribution in [-0.4, -0.2) is 24.6 Å². The van der Waals surface area contributed by atoms with Gasteiger partial charge in [0, 0.05) is 18.8 Å². The molecule has 0 radical (unpaired) electrons. The summed E-state index contributed by atoms with van der Waals surface area (Å²) in [6.07, 6.45) is 1.63. The molecule has 110 valence electrons. The summed E-state index contributed by atoms with van der Waals surface area (Å²) in [6.45, 7) is 0.293. The molecular formula is C15H17N3O3. The Kier molecular flexibility index (Phi) is 4.98. The summed E-state index contributed by atoms with van der Waals surface area (Å²) >= 11 is 0. The van der Waals surface area contributed by atoms with E-state index in [9.17, 15) is 4.79 Å². The molecule has 0 unspecified atom stereocenters. The second-order valence-electron chi connectivity index (χ2n) is 4.31. The number of para-hydroxylation sites is 2. The molecule has 0 aliphatic heterocycles. The van der Waals surface area contributed by atoms with Crippen LogP contribution in [0.25, 0.3) is 0 Å². The number of pyridine rings is 1. The van der Waals surface area contributed by atoms with Crippen LogP contribution in [0.5, 0.6) is 11.6 Å². The van der Waals surface area contributed by atoms with E-state index >= 15 is 0 Å². The molecule has 1 amide bonds. The van der Waals surface area contributed by atoms with Crippen molar-refractivity contribution in [1.29, 1.82) is 0 Å². The molecule has 6 heteroatoms. The van der Waals surface area contributed by atoms with Gasteiger partial charge in [0.25, 0.3) is 5.91 Å². The van der Waals surface area contributed by atoms with E-state index in [0.717, 1.165) is 5.56 Å². The number of carbonyl (C=O) groups excluding carboxylic acids is 1. The van der Waals surface area contributed by atoms with Crippen molar-refractivity contribution in [2.24, 2.45) is 0 Å². The lowest BCUT2D eigenvalue weighted by Crippen LogP contribution is -2.28. The number of amides is 1. The van der Waals surface area contributed by atoms with Crippen LogP contribution in [-0.2, 0) is 11.3 Å². The fraction of sp³-hybridized carbons (Fsp3) is 0.200. The van der Waals surface area contributed by atoms with Gasteiger partial charge in [-0.05, 0) is 23.8 Å². The van der Waals surface area contributed by atoms with Gasteiger partial charge in [0.2, 0.25) is 5.88 Å². The number of carbonyl (C=O) groups is 1. The summed E-state index contributed by atoms with van der Waals surface area (Å²) in [4.78, 5) is 15.7. The van der Waals surface area contributed by atoms with Gasteiger partial charge in [-0.1, -0.05) is 12.1 Å². The molecule has 2 aromatic rings. The van der Waals surface area contributed by atoms with E-state index < -0.39 is 0 Å². The molecule has 0 spiro atoms. The van der Waals surface area contributed by atoms with Crippen molar-refractivity contribution in [3.8, 4) is 11.6 Å². The van der Waals surface area contributed by atoms with Gasteiger partial charge in [-0.3, -0.25) is 4.79 Å². The highest BCUT2D eigenvalue weighted by Gasteiger charge is 2.05. The van der Waals surface area contributed by atoms with E-state index in [4.69, 9.17) is 15.2 Å². The van der Waals surface area contributed by atoms with Crippen molar-refractivity contribution in [2.45, 2.75) is 6.54 Å². The molecule has 0 fully saturated rings. The Morgan fingerprint density at radius 1 is 1.33 bits per heavy atom. The fourth-order valence-electron chi connectivity index (χ4n) is 1.68. The third-order valence-electron chi connectivity index (χ3n) is 2.78. The van der Waals surface area contributed by atoms with Crippen LogP contribution >= 0.6 is 0 Å². The fourth-order valence-corrected chi connectivity index (χ4v) is 1.68. The molecule has 0 bridgehead atoms. The topological polar surface area (TPSA) is 86.5 Å². The number of nitrogens with one attached hydrogen (secondary N) is 1. The van der Waals surface area contributed by atoms with E-state index in [2.05, 4.69) is 10.3 Å². The maximum atomic E-state index is 11.7. The summed E-state index contributed by atoms with van der Waals surface area (Å²) in [7, 11) is 1.54.